The first-order valence-corrected chi connectivity index (χ1v) is 8.13. The Hall–Kier alpha value is -2.50. The SMILES string of the molecule is CCOC(=O)CC[n+]1ccc(-c2ncccn2)cn1.O=S(=O)([O-])O. The summed E-state index contributed by atoms with van der Waals surface area (Å²) in [7, 11) is -4.92. The summed E-state index contributed by atoms with van der Waals surface area (Å²) < 4.78 is 39.4. The van der Waals surface area contributed by atoms with Crippen molar-refractivity contribution in [2.75, 3.05) is 6.61 Å². The van der Waals surface area contributed by atoms with E-state index in [-0.39, 0.29) is 5.97 Å². The molecule has 0 aromatic carbocycles. The number of esters is 1. The van der Waals surface area contributed by atoms with Gasteiger partial charge in [0.05, 0.1) is 6.61 Å². The fraction of sp³-hybridized carbons (Fsp3) is 0.308. The van der Waals surface area contributed by atoms with Gasteiger partial charge in [-0.25, -0.2) is 18.4 Å². The lowest BCUT2D eigenvalue weighted by molar-refractivity contribution is -0.752. The van der Waals surface area contributed by atoms with Crippen LogP contribution in [0.1, 0.15) is 13.3 Å². The maximum Gasteiger partial charge on any atom is 0.312 e. The van der Waals surface area contributed by atoms with Crippen LogP contribution in [-0.2, 0) is 26.5 Å². The molecule has 130 valence electrons. The summed E-state index contributed by atoms with van der Waals surface area (Å²) in [6.45, 7) is 2.69. The van der Waals surface area contributed by atoms with Gasteiger partial charge in [0.1, 0.15) is 12.6 Å². The maximum absolute atomic E-state index is 11.2. The van der Waals surface area contributed by atoms with Gasteiger partial charge in [-0.15, -0.1) is 0 Å². The van der Waals surface area contributed by atoms with Crippen molar-refractivity contribution in [3.63, 3.8) is 0 Å². The van der Waals surface area contributed by atoms with Crippen molar-refractivity contribution in [3.05, 3.63) is 36.9 Å². The molecule has 24 heavy (non-hydrogen) atoms. The highest BCUT2D eigenvalue weighted by atomic mass is 32.3. The number of carbonyl (C=O) groups excluding carboxylic acids is 1. The van der Waals surface area contributed by atoms with Crippen LogP contribution in [0.4, 0.5) is 0 Å². The number of ether oxygens (including phenoxy) is 1. The lowest BCUT2D eigenvalue weighted by Crippen LogP contribution is -2.38. The summed E-state index contributed by atoms with van der Waals surface area (Å²) in [5, 5.41) is 4.22. The molecular weight excluding hydrogens is 340 g/mol. The average molecular weight is 356 g/mol. The molecule has 1 N–H and O–H groups in total. The molecule has 0 spiro atoms. The van der Waals surface area contributed by atoms with Crippen molar-refractivity contribution >= 4 is 16.4 Å². The molecule has 0 bridgehead atoms. The minimum Gasteiger partial charge on any atom is -0.726 e. The van der Waals surface area contributed by atoms with E-state index in [9.17, 15) is 4.79 Å². The lowest BCUT2D eigenvalue weighted by Gasteiger charge is -1.99. The van der Waals surface area contributed by atoms with Crippen LogP contribution in [0, 0.1) is 0 Å². The third-order valence-corrected chi connectivity index (χ3v) is 2.45. The Morgan fingerprint density at radius 1 is 1.38 bits per heavy atom. The van der Waals surface area contributed by atoms with Crippen molar-refractivity contribution in [3.8, 4) is 11.4 Å². The normalized spacial score (nSPS) is 10.5. The van der Waals surface area contributed by atoms with E-state index in [4.69, 9.17) is 22.3 Å². The first kappa shape index (κ1) is 19.5. The number of aromatic nitrogens is 4. The van der Waals surface area contributed by atoms with Gasteiger partial charge in [-0.1, -0.05) is 4.68 Å². The van der Waals surface area contributed by atoms with Crippen LogP contribution >= 0.6 is 0 Å². The second-order valence-electron chi connectivity index (χ2n) is 4.23. The van der Waals surface area contributed by atoms with Gasteiger partial charge in [0, 0.05) is 24.0 Å². The van der Waals surface area contributed by atoms with E-state index in [1.807, 2.05) is 6.07 Å². The molecule has 0 radical (unpaired) electrons. The molecule has 2 heterocycles. The Labute approximate surface area is 138 Å². The standard InChI is InChI=1S/C13H15N4O2.H2O4S/c1-2-19-12(18)5-9-17-8-4-11(10-16-17)13-14-6-3-7-15-13;1-5(2,3)4/h3-4,6-8,10H,2,5,9H2,1H3;(H2,1,2,3,4)/q+1;/p-1. The Balaban J connectivity index is 0.000000505. The Morgan fingerprint density at radius 2 is 2.00 bits per heavy atom. The summed E-state index contributed by atoms with van der Waals surface area (Å²) in [6, 6.07) is 3.63. The first-order chi connectivity index (χ1) is 11.3. The predicted molar refractivity (Wildman–Crippen MR) is 79.0 cm³/mol. The van der Waals surface area contributed by atoms with Crippen LogP contribution in [0.5, 0.6) is 0 Å². The van der Waals surface area contributed by atoms with Crippen molar-refractivity contribution in [1.29, 1.82) is 0 Å². The highest BCUT2D eigenvalue weighted by molar-refractivity contribution is 7.79. The first-order valence-electron chi connectivity index (χ1n) is 6.76. The number of nitrogens with zero attached hydrogens (tertiary/aromatic N) is 4. The molecule has 0 aliphatic heterocycles. The summed E-state index contributed by atoms with van der Waals surface area (Å²) in [6.07, 6.45) is 7.16. The monoisotopic (exact) mass is 356 g/mol. The van der Waals surface area contributed by atoms with E-state index in [0.717, 1.165) is 5.56 Å². The third-order valence-electron chi connectivity index (χ3n) is 2.45. The van der Waals surface area contributed by atoms with Crippen LogP contribution in [-0.4, -0.2) is 45.2 Å². The zero-order chi connectivity index (χ0) is 18.0. The van der Waals surface area contributed by atoms with E-state index in [1.54, 1.807) is 42.5 Å². The molecule has 0 saturated carbocycles. The highest BCUT2D eigenvalue weighted by Gasteiger charge is 2.09. The van der Waals surface area contributed by atoms with E-state index in [0.29, 0.717) is 25.4 Å². The van der Waals surface area contributed by atoms with E-state index in [2.05, 4.69) is 15.1 Å². The average Bonchev–Trinajstić information content (AvgIpc) is 2.53. The van der Waals surface area contributed by atoms with Gasteiger partial charge < -0.3 is 9.29 Å². The topological polar surface area (TPSA) is 146 Å². The second-order valence-corrected chi connectivity index (χ2v) is 5.09. The molecule has 2 aromatic rings. The van der Waals surface area contributed by atoms with Crippen molar-refractivity contribution in [2.24, 2.45) is 0 Å². The van der Waals surface area contributed by atoms with Crippen molar-refractivity contribution in [2.45, 2.75) is 19.9 Å². The number of rotatable bonds is 5. The summed E-state index contributed by atoms with van der Waals surface area (Å²) >= 11 is 0. The van der Waals surface area contributed by atoms with E-state index >= 15 is 0 Å². The Kier molecular flexibility index (Phi) is 7.82. The molecule has 0 saturated heterocycles. The Morgan fingerprint density at radius 3 is 2.50 bits per heavy atom. The quantitative estimate of drug-likeness (QED) is 0.332. The molecule has 2 aromatic heterocycles. The smallest absolute Gasteiger partial charge is 0.312 e. The lowest BCUT2D eigenvalue weighted by atomic mass is 10.3. The molecule has 10 nitrogen and oxygen atoms in total. The maximum atomic E-state index is 11.2. The highest BCUT2D eigenvalue weighted by Crippen LogP contribution is 2.09. The summed E-state index contributed by atoms with van der Waals surface area (Å²) in [4.78, 5) is 19.5. The predicted octanol–water partition coefficient (Wildman–Crippen LogP) is -0.216. The number of aryl methyl sites for hydroxylation is 1. The van der Waals surface area contributed by atoms with Gasteiger partial charge in [0.2, 0.25) is 10.4 Å². The molecule has 11 heteroatoms. The van der Waals surface area contributed by atoms with E-state index < -0.39 is 10.4 Å². The van der Waals surface area contributed by atoms with Gasteiger partial charge in [-0.05, 0) is 18.1 Å². The number of carbonyl (C=O) groups is 1. The van der Waals surface area contributed by atoms with Crippen molar-refractivity contribution in [1.82, 2.24) is 15.1 Å². The number of hydrogen-bond acceptors (Lipinski definition) is 8. The molecule has 0 fully saturated rings. The second kappa shape index (κ2) is 9.60. The van der Waals surface area contributed by atoms with Crippen LogP contribution in [0.15, 0.2) is 36.9 Å². The fourth-order valence-corrected chi connectivity index (χ4v) is 1.54. The Bertz CT molecular complexity index is 729. The van der Waals surface area contributed by atoms with Crippen molar-refractivity contribution < 1.29 is 31.7 Å². The van der Waals surface area contributed by atoms with Gasteiger partial charge in [-0.2, -0.15) is 0 Å². The fourth-order valence-electron chi connectivity index (χ4n) is 1.54. The van der Waals surface area contributed by atoms with Gasteiger partial charge in [0.25, 0.3) is 0 Å². The molecule has 0 amide bonds. The van der Waals surface area contributed by atoms with Gasteiger partial charge in [-0.3, -0.25) is 9.35 Å². The zero-order valence-electron chi connectivity index (χ0n) is 12.8. The van der Waals surface area contributed by atoms with Crippen LogP contribution in [0.2, 0.25) is 0 Å². The largest absolute Gasteiger partial charge is 0.726 e. The van der Waals surface area contributed by atoms with Crippen LogP contribution in [0.25, 0.3) is 11.4 Å². The zero-order valence-corrected chi connectivity index (χ0v) is 13.6. The summed E-state index contributed by atoms with van der Waals surface area (Å²) in [5.74, 6) is 0.416. The molecule has 0 aliphatic rings. The molecule has 0 unspecified atom stereocenters. The van der Waals surface area contributed by atoms with Gasteiger partial charge >= 0.3 is 5.97 Å². The minimum atomic E-state index is -4.92. The van der Waals surface area contributed by atoms with Gasteiger partial charge in [0.15, 0.2) is 18.6 Å². The number of hydrogen-bond donors (Lipinski definition) is 1. The summed E-state index contributed by atoms with van der Waals surface area (Å²) in [5.41, 5.74) is 0.841. The minimum absolute atomic E-state index is 0.215. The molecular formula is C13H16N4O6S. The van der Waals surface area contributed by atoms with Crippen LogP contribution in [0.3, 0.4) is 0 Å². The molecule has 0 aliphatic carbocycles. The van der Waals surface area contributed by atoms with E-state index in [1.165, 1.54) is 0 Å². The van der Waals surface area contributed by atoms with Crippen LogP contribution < -0.4 is 4.68 Å². The molecule has 0 atom stereocenters. The molecule has 2 rings (SSSR count). The third kappa shape index (κ3) is 8.82.